The Hall–Kier alpha value is 0.350. The number of rotatable bonds is 5. The molecule has 0 spiro atoms. The molecule has 0 aromatic rings. The highest BCUT2D eigenvalue weighted by Crippen LogP contribution is 2.27. The first-order valence-corrected chi connectivity index (χ1v) is 5.96. The van der Waals surface area contributed by atoms with Crippen molar-refractivity contribution in [1.82, 2.24) is 0 Å². The number of carbonyl (C=O) groups excluding carboxylic acids is 1. The first-order valence-electron chi connectivity index (χ1n) is 3.43. The van der Waals surface area contributed by atoms with Crippen molar-refractivity contribution in [3.05, 3.63) is 0 Å². The summed E-state index contributed by atoms with van der Waals surface area (Å²) in [6.45, 7) is 6.29. The lowest BCUT2D eigenvalue weighted by atomic mass is 10.1. The molecule has 0 fully saturated rings. The van der Waals surface area contributed by atoms with E-state index in [0.29, 0.717) is 13.0 Å². The molecular weight excluding hydrogens is 183 g/mol. The standard InChI is InChI=1S/C7H14ClO2P/c1-7(8,6-9)4-5-10-11(2)3/h6H,4-5H2,1-3H3. The summed E-state index contributed by atoms with van der Waals surface area (Å²) >= 11 is 5.76. The van der Waals surface area contributed by atoms with Crippen molar-refractivity contribution in [3.63, 3.8) is 0 Å². The zero-order valence-corrected chi connectivity index (χ0v) is 8.78. The molecule has 0 heterocycles. The highest BCUT2D eigenvalue weighted by molar-refractivity contribution is 7.50. The van der Waals surface area contributed by atoms with Crippen molar-refractivity contribution in [3.8, 4) is 0 Å². The van der Waals surface area contributed by atoms with Crippen molar-refractivity contribution >= 4 is 26.0 Å². The molecule has 1 atom stereocenters. The summed E-state index contributed by atoms with van der Waals surface area (Å²) < 4.78 is 5.30. The van der Waals surface area contributed by atoms with Crippen LogP contribution in [0.3, 0.4) is 0 Å². The summed E-state index contributed by atoms with van der Waals surface area (Å²) in [7, 11) is -0.333. The third kappa shape index (κ3) is 6.74. The second kappa shape index (κ2) is 5.08. The maximum atomic E-state index is 10.3. The molecule has 0 aliphatic carbocycles. The topological polar surface area (TPSA) is 26.3 Å². The summed E-state index contributed by atoms with van der Waals surface area (Å²) in [6, 6.07) is 0. The highest BCUT2D eigenvalue weighted by atomic mass is 35.5. The largest absolute Gasteiger partial charge is 0.360 e. The fourth-order valence-electron chi connectivity index (χ4n) is 0.487. The second-order valence-electron chi connectivity index (χ2n) is 2.79. The number of aldehydes is 1. The summed E-state index contributed by atoms with van der Waals surface area (Å²) in [6.07, 6.45) is 1.34. The number of alkyl halides is 1. The lowest BCUT2D eigenvalue weighted by Crippen LogP contribution is -2.19. The van der Waals surface area contributed by atoms with Gasteiger partial charge >= 0.3 is 0 Å². The first-order chi connectivity index (χ1) is 4.98. The Labute approximate surface area is 74.1 Å². The van der Waals surface area contributed by atoms with Crippen LogP contribution in [0.15, 0.2) is 0 Å². The van der Waals surface area contributed by atoms with Gasteiger partial charge in [-0.05, 0) is 26.7 Å². The van der Waals surface area contributed by atoms with Crippen molar-refractivity contribution in [2.45, 2.75) is 18.2 Å². The Morgan fingerprint density at radius 3 is 2.55 bits per heavy atom. The molecule has 0 radical (unpaired) electrons. The smallest absolute Gasteiger partial charge is 0.140 e. The van der Waals surface area contributed by atoms with E-state index in [9.17, 15) is 4.79 Å². The molecule has 0 saturated carbocycles. The fourth-order valence-corrected chi connectivity index (χ4v) is 1.02. The van der Waals surface area contributed by atoms with E-state index in [1.54, 1.807) is 6.92 Å². The highest BCUT2D eigenvalue weighted by Gasteiger charge is 2.18. The van der Waals surface area contributed by atoms with Crippen LogP contribution in [0.5, 0.6) is 0 Å². The summed E-state index contributed by atoms with van der Waals surface area (Å²) in [5.74, 6) is 0. The lowest BCUT2D eigenvalue weighted by molar-refractivity contribution is -0.110. The van der Waals surface area contributed by atoms with Crippen molar-refractivity contribution in [2.75, 3.05) is 19.9 Å². The normalized spacial score (nSPS) is 16.5. The zero-order chi connectivity index (χ0) is 8.91. The average molecular weight is 197 g/mol. The zero-order valence-electron chi connectivity index (χ0n) is 7.13. The molecule has 0 aromatic carbocycles. The molecule has 0 aromatic heterocycles. The Kier molecular flexibility index (Phi) is 5.24. The van der Waals surface area contributed by atoms with Gasteiger partial charge in [0.15, 0.2) is 0 Å². The van der Waals surface area contributed by atoms with Crippen LogP contribution < -0.4 is 0 Å². The minimum atomic E-state index is -0.745. The van der Waals surface area contributed by atoms with Gasteiger partial charge in [0, 0.05) is 8.15 Å². The molecule has 2 nitrogen and oxygen atoms in total. The molecule has 0 amide bonds. The SMILES string of the molecule is CP(C)OCCC(C)(Cl)C=O. The van der Waals surface area contributed by atoms with Gasteiger partial charge in [-0.3, -0.25) is 0 Å². The van der Waals surface area contributed by atoms with E-state index in [4.69, 9.17) is 16.1 Å². The molecule has 0 aliphatic rings. The van der Waals surface area contributed by atoms with E-state index in [2.05, 4.69) is 0 Å². The van der Waals surface area contributed by atoms with Gasteiger partial charge in [-0.1, -0.05) is 0 Å². The number of hydrogen-bond acceptors (Lipinski definition) is 2. The second-order valence-corrected chi connectivity index (χ2v) is 5.54. The molecule has 0 rings (SSSR count). The van der Waals surface area contributed by atoms with E-state index >= 15 is 0 Å². The van der Waals surface area contributed by atoms with Crippen molar-refractivity contribution in [2.24, 2.45) is 0 Å². The van der Waals surface area contributed by atoms with E-state index < -0.39 is 4.87 Å². The van der Waals surface area contributed by atoms with Gasteiger partial charge in [0.25, 0.3) is 0 Å². The van der Waals surface area contributed by atoms with Gasteiger partial charge in [0.2, 0.25) is 0 Å². The minimum Gasteiger partial charge on any atom is -0.360 e. The molecule has 0 saturated heterocycles. The van der Waals surface area contributed by atoms with Crippen molar-refractivity contribution < 1.29 is 9.32 Å². The Morgan fingerprint density at radius 2 is 2.18 bits per heavy atom. The Morgan fingerprint density at radius 1 is 1.64 bits per heavy atom. The minimum absolute atomic E-state index is 0.333. The molecule has 0 bridgehead atoms. The maximum Gasteiger partial charge on any atom is 0.140 e. The maximum absolute atomic E-state index is 10.3. The van der Waals surface area contributed by atoms with Crippen molar-refractivity contribution in [1.29, 1.82) is 0 Å². The van der Waals surface area contributed by atoms with Crippen LogP contribution >= 0.6 is 19.7 Å². The van der Waals surface area contributed by atoms with Gasteiger partial charge in [0.05, 0.1) is 11.5 Å². The van der Waals surface area contributed by atoms with Gasteiger partial charge < -0.3 is 9.32 Å². The summed E-state index contributed by atoms with van der Waals surface area (Å²) in [5.41, 5.74) is 0. The average Bonchev–Trinajstić information content (AvgIpc) is 1.87. The quantitative estimate of drug-likeness (QED) is 0.383. The van der Waals surface area contributed by atoms with Gasteiger partial charge in [-0.15, -0.1) is 11.6 Å². The molecule has 0 aliphatic heterocycles. The van der Waals surface area contributed by atoms with E-state index in [0.717, 1.165) is 6.29 Å². The van der Waals surface area contributed by atoms with Gasteiger partial charge in [-0.2, -0.15) is 0 Å². The summed E-state index contributed by atoms with van der Waals surface area (Å²) in [5, 5.41) is 0. The number of carbonyl (C=O) groups is 1. The third-order valence-electron chi connectivity index (χ3n) is 1.19. The Balaban J connectivity index is 3.45. The van der Waals surface area contributed by atoms with Gasteiger partial charge in [0.1, 0.15) is 6.29 Å². The molecule has 1 unspecified atom stereocenters. The Bertz CT molecular complexity index is 126. The molecule has 11 heavy (non-hydrogen) atoms. The third-order valence-corrected chi connectivity index (χ3v) is 2.16. The van der Waals surface area contributed by atoms with Crippen LogP contribution in [-0.4, -0.2) is 31.1 Å². The monoisotopic (exact) mass is 196 g/mol. The van der Waals surface area contributed by atoms with Crippen LogP contribution in [0.4, 0.5) is 0 Å². The molecule has 0 N–H and O–H groups in total. The van der Waals surface area contributed by atoms with Crippen LogP contribution in [0.25, 0.3) is 0 Å². The van der Waals surface area contributed by atoms with Crippen LogP contribution in [-0.2, 0) is 9.32 Å². The molecular formula is C7H14ClO2P. The number of halogens is 1. The predicted octanol–water partition coefficient (Wildman–Crippen LogP) is 2.25. The van der Waals surface area contributed by atoms with Crippen LogP contribution in [0, 0.1) is 0 Å². The van der Waals surface area contributed by atoms with Crippen LogP contribution in [0.2, 0.25) is 0 Å². The first kappa shape index (κ1) is 11.4. The van der Waals surface area contributed by atoms with E-state index in [1.807, 2.05) is 13.3 Å². The molecule has 66 valence electrons. The van der Waals surface area contributed by atoms with E-state index in [1.165, 1.54) is 0 Å². The van der Waals surface area contributed by atoms with E-state index in [-0.39, 0.29) is 8.15 Å². The predicted molar refractivity (Wildman–Crippen MR) is 49.7 cm³/mol. The van der Waals surface area contributed by atoms with Crippen LogP contribution in [0.1, 0.15) is 13.3 Å². The summed E-state index contributed by atoms with van der Waals surface area (Å²) in [4.78, 5) is 9.58. The fraction of sp³-hybridized carbons (Fsp3) is 0.857. The number of hydrogen-bond donors (Lipinski definition) is 0. The lowest BCUT2D eigenvalue weighted by Gasteiger charge is -2.14. The molecule has 4 heteroatoms. The van der Waals surface area contributed by atoms with Gasteiger partial charge in [-0.25, -0.2) is 0 Å².